The molecule has 18 heavy (non-hydrogen) atoms. The van der Waals surface area contributed by atoms with Gasteiger partial charge in [-0.05, 0) is 46.8 Å². The fraction of sp³-hybridized carbons (Fsp3) is 0.462. The van der Waals surface area contributed by atoms with Crippen molar-refractivity contribution in [1.29, 1.82) is 0 Å². The van der Waals surface area contributed by atoms with Crippen molar-refractivity contribution in [3.63, 3.8) is 0 Å². The lowest BCUT2D eigenvalue weighted by Crippen LogP contribution is -2.30. The Kier molecular flexibility index (Phi) is 4.22. The lowest BCUT2D eigenvalue weighted by Gasteiger charge is -2.31. The minimum Gasteiger partial charge on any atom is -0.389 e. The number of benzene rings is 1. The summed E-state index contributed by atoms with van der Waals surface area (Å²) in [6.45, 7) is 0.899. The number of hydrogen-bond donors (Lipinski definition) is 1. The van der Waals surface area contributed by atoms with Crippen LogP contribution in [-0.4, -0.2) is 18.6 Å². The summed E-state index contributed by atoms with van der Waals surface area (Å²) in [7, 11) is 1.92. The van der Waals surface area contributed by atoms with Gasteiger partial charge in [-0.1, -0.05) is 18.6 Å². The second-order valence-corrected chi connectivity index (χ2v) is 6.03. The van der Waals surface area contributed by atoms with Crippen LogP contribution in [0.5, 0.6) is 0 Å². The zero-order valence-electron chi connectivity index (χ0n) is 10.2. The molecule has 0 bridgehead atoms. The van der Waals surface area contributed by atoms with E-state index >= 15 is 0 Å². The largest absolute Gasteiger partial charge is 0.389 e. The van der Waals surface area contributed by atoms with E-state index in [1.165, 1.54) is 19.3 Å². The third-order valence-electron chi connectivity index (χ3n) is 3.50. The fourth-order valence-electron chi connectivity index (χ4n) is 2.19. The topological polar surface area (TPSA) is 29.3 Å². The van der Waals surface area contributed by atoms with Crippen molar-refractivity contribution in [3.8, 4) is 0 Å². The maximum atomic E-state index is 14.2. The molecule has 98 valence electrons. The lowest BCUT2D eigenvalue weighted by atomic mass is 9.85. The number of nitrogens with zero attached hydrogens (tertiary/aromatic N) is 1. The Labute approximate surface area is 120 Å². The van der Waals surface area contributed by atoms with Gasteiger partial charge in [-0.25, -0.2) is 4.39 Å². The molecule has 1 fully saturated rings. The molecule has 0 aromatic heterocycles. The fourth-order valence-corrected chi connectivity index (χ4v) is 3.04. The first-order valence-electron chi connectivity index (χ1n) is 5.99. The summed E-state index contributed by atoms with van der Waals surface area (Å²) < 4.78 is 14.6. The van der Waals surface area contributed by atoms with Crippen LogP contribution in [0.2, 0.25) is 0 Å². The summed E-state index contributed by atoms with van der Waals surface area (Å²) in [6.07, 6.45) is 3.79. The Morgan fingerprint density at radius 3 is 2.72 bits per heavy atom. The van der Waals surface area contributed by atoms with E-state index in [1.807, 2.05) is 11.9 Å². The van der Waals surface area contributed by atoms with Crippen LogP contribution >= 0.6 is 28.1 Å². The summed E-state index contributed by atoms with van der Waals surface area (Å²) in [4.78, 5) is 2.17. The molecular formula is C13H16BrFN2S. The molecule has 0 saturated heterocycles. The Morgan fingerprint density at radius 2 is 2.22 bits per heavy atom. The smallest absolute Gasteiger partial charge is 0.161 e. The van der Waals surface area contributed by atoms with Crippen LogP contribution in [0.4, 0.5) is 10.1 Å². The Balaban J connectivity index is 2.22. The van der Waals surface area contributed by atoms with Crippen LogP contribution < -0.4 is 10.6 Å². The van der Waals surface area contributed by atoms with Crippen molar-refractivity contribution in [2.75, 3.05) is 18.5 Å². The highest BCUT2D eigenvalue weighted by Gasteiger charge is 2.22. The number of rotatable bonds is 4. The van der Waals surface area contributed by atoms with E-state index in [0.29, 0.717) is 21.6 Å². The number of anilines is 1. The number of nitrogens with two attached hydrogens (primary N) is 1. The second-order valence-electron chi connectivity index (χ2n) is 4.80. The summed E-state index contributed by atoms with van der Waals surface area (Å²) in [5.74, 6) is 0.408. The van der Waals surface area contributed by atoms with Crippen molar-refractivity contribution >= 4 is 38.8 Å². The number of thiocarbonyl (C=S) groups is 1. The van der Waals surface area contributed by atoms with E-state index in [4.69, 9.17) is 18.0 Å². The average molecular weight is 331 g/mol. The first-order chi connectivity index (χ1) is 8.50. The van der Waals surface area contributed by atoms with E-state index in [1.54, 1.807) is 12.1 Å². The van der Waals surface area contributed by atoms with Gasteiger partial charge in [0.25, 0.3) is 0 Å². The molecule has 5 heteroatoms. The van der Waals surface area contributed by atoms with Crippen molar-refractivity contribution in [2.45, 2.75) is 19.3 Å². The summed E-state index contributed by atoms with van der Waals surface area (Å²) in [5, 5.41) is 0. The van der Waals surface area contributed by atoms with Crippen LogP contribution in [0, 0.1) is 11.7 Å². The zero-order chi connectivity index (χ0) is 13.3. The summed E-state index contributed by atoms with van der Waals surface area (Å²) in [5.41, 5.74) is 6.68. The average Bonchev–Trinajstić information content (AvgIpc) is 2.26. The molecule has 0 unspecified atom stereocenters. The molecule has 0 heterocycles. The Hall–Kier alpha value is -0.680. The van der Waals surface area contributed by atoms with Crippen LogP contribution in [0.15, 0.2) is 16.6 Å². The van der Waals surface area contributed by atoms with Gasteiger partial charge in [0.05, 0.1) is 10.2 Å². The van der Waals surface area contributed by atoms with Crippen LogP contribution in [0.3, 0.4) is 0 Å². The van der Waals surface area contributed by atoms with Gasteiger partial charge in [0.1, 0.15) is 4.99 Å². The molecule has 0 atom stereocenters. The monoisotopic (exact) mass is 330 g/mol. The minimum atomic E-state index is -0.290. The first kappa shape index (κ1) is 13.7. The molecule has 0 spiro atoms. The van der Waals surface area contributed by atoms with Crippen molar-refractivity contribution in [3.05, 3.63) is 28.0 Å². The SMILES string of the molecule is CN(CC1CCC1)c1ccc(C(N)=S)c(Br)c1F. The van der Waals surface area contributed by atoms with E-state index in [0.717, 1.165) is 6.54 Å². The molecule has 1 aromatic carbocycles. The molecule has 1 aromatic rings. The van der Waals surface area contributed by atoms with Gasteiger partial charge in [0.2, 0.25) is 0 Å². The van der Waals surface area contributed by atoms with Gasteiger partial charge in [-0.3, -0.25) is 0 Å². The van der Waals surface area contributed by atoms with E-state index < -0.39 is 0 Å². The van der Waals surface area contributed by atoms with E-state index in [2.05, 4.69) is 15.9 Å². The third-order valence-corrected chi connectivity index (χ3v) is 4.49. The molecule has 0 aliphatic heterocycles. The quantitative estimate of drug-likeness (QED) is 0.857. The second kappa shape index (κ2) is 5.53. The summed E-state index contributed by atoms with van der Waals surface area (Å²) in [6, 6.07) is 3.51. The van der Waals surface area contributed by atoms with Gasteiger partial charge in [0, 0.05) is 19.2 Å². The number of hydrogen-bond acceptors (Lipinski definition) is 2. The molecule has 0 radical (unpaired) electrons. The molecule has 1 saturated carbocycles. The van der Waals surface area contributed by atoms with Crippen molar-refractivity contribution in [1.82, 2.24) is 0 Å². The molecule has 1 aliphatic rings. The van der Waals surface area contributed by atoms with Crippen molar-refractivity contribution < 1.29 is 4.39 Å². The molecule has 2 N–H and O–H groups in total. The normalized spacial score (nSPS) is 15.3. The molecule has 1 aliphatic carbocycles. The van der Waals surface area contributed by atoms with Gasteiger partial charge >= 0.3 is 0 Å². The van der Waals surface area contributed by atoms with Crippen molar-refractivity contribution in [2.24, 2.45) is 11.7 Å². The standard InChI is InChI=1S/C13H16BrFN2S/c1-17(7-8-3-2-4-8)10-6-5-9(13(16)18)11(14)12(10)15/h5-6,8H,2-4,7H2,1H3,(H2,16,18). The molecule has 2 nitrogen and oxygen atoms in total. The van der Waals surface area contributed by atoms with Crippen LogP contribution in [-0.2, 0) is 0 Å². The highest BCUT2D eigenvalue weighted by Crippen LogP contribution is 2.32. The predicted molar refractivity (Wildman–Crippen MR) is 80.6 cm³/mol. The van der Waals surface area contributed by atoms with Gasteiger partial charge in [-0.15, -0.1) is 0 Å². The van der Waals surface area contributed by atoms with Crippen LogP contribution in [0.25, 0.3) is 0 Å². The lowest BCUT2D eigenvalue weighted by molar-refractivity contribution is 0.321. The van der Waals surface area contributed by atoms with Gasteiger partial charge in [0.15, 0.2) is 5.82 Å². The zero-order valence-corrected chi connectivity index (χ0v) is 12.7. The van der Waals surface area contributed by atoms with E-state index in [-0.39, 0.29) is 10.8 Å². The molecular weight excluding hydrogens is 315 g/mol. The maximum absolute atomic E-state index is 14.2. The predicted octanol–water partition coefficient (Wildman–Crippen LogP) is 3.46. The van der Waals surface area contributed by atoms with Gasteiger partial charge in [-0.2, -0.15) is 0 Å². The maximum Gasteiger partial charge on any atom is 0.161 e. The highest BCUT2D eigenvalue weighted by molar-refractivity contribution is 9.10. The minimum absolute atomic E-state index is 0.203. The first-order valence-corrected chi connectivity index (χ1v) is 7.19. The highest BCUT2D eigenvalue weighted by atomic mass is 79.9. The molecule has 0 amide bonds. The van der Waals surface area contributed by atoms with E-state index in [9.17, 15) is 4.39 Å². The third kappa shape index (κ3) is 2.67. The van der Waals surface area contributed by atoms with Gasteiger partial charge < -0.3 is 10.6 Å². The number of halogens is 2. The molecule has 2 rings (SSSR count). The Bertz CT molecular complexity index is 474. The summed E-state index contributed by atoms with van der Waals surface area (Å²) >= 11 is 8.11. The Morgan fingerprint density at radius 1 is 1.56 bits per heavy atom. The van der Waals surface area contributed by atoms with Crippen LogP contribution in [0.1, 0.15) is 24.8 Å².